The number of hydrogen-bond acceptors (Lipinski definition) is 4. The molecule has 166 valence electrons. The van der Waals surface area contributed by atoms with Crippen LogP contribution in [0.3, 0.4) is 0 Å². The van der Waals surface area contributed by atoms with E-state index in [1.165, 1.54) is 5.57 Å². The van der Waals surface area contributed by atoms with Gasteiger partial charge in [-0.05, 0) is 73.5 Å². The summed E-state index contributed by atoms with van der Waals surface area (Å²) < 4.78 is 5.17. The van der Waals surface area contributed by atoms with Crippen LogP contribution < -0.4 is 0 Å². The minimum Gasteiger partial charge on any atom is -0.481 e. The van der Waals surface area contributed by atoms with Crippen LogP contribution in [0.2, 0.25) is 0 Å². The molecule has 5 heteroatoms. The van der Waals surface area contributed by atoms with E-state index in [0.717, 1.165) is 44.9 Å². The lowest BCUT2D eigenvalue weighted by molar-refractivity contribution is -0.148. The van der Waals surface area contributed by atoms with Crippen molar-refractivity contribution in [2.75, 3.05) is 6.61 Å². The molecule has 2 saturated carbocycles. The zero-order valence-corrected chi connectivity index (χ0v) is 18.7. The van der Waals surface area contributed by atoms with Crippen LogP contribution in [0.1, 0.15) is 85.5 Å². The summed E-state index contributed by atoms with van der Waals surface area (Å²) in [6.07, 6.45) is 6.58. The number of hydrogen-bond donors (Lipinski definition) is 2. The molecule has 0 saturated heterocycles. The molecular formula is C24H40O5. The van der Waals surface area contributed by atoms with Gasteiger partial charge in [0.2, 0.25) is 0 Å². The first-order chi connectivity index (χ1) is 13.5. The SMILES string of the molecule is C=C1CC[C@@H]2C(C)(C)[C@H](O)CC[C@]2(C)[C@H]1CC[C@H](C)CCOC(=O)CCC(=O)O. The second-order valence-corrected chi connectivity index (χ2v) is 10.3. The Hall–Kier alpha value is -1.36. The molecule has 29 heavy (non-hydrogen) atoms. The number of carbonyl (C=O) groups is 2. The second-order valence-electron chi connectivity index (χ2n) is 10.3. The number of aliphatic hydroxyl groups is 1. The number of allylic oxidation sites excluding steroid dienone is 1. The third-order valence-corrected chi connectivity index (χ3v) is 7.92. The van der Waals surface area contributed by atoms with Crippen LogP contribution in [0, 0.1) is 28.6 Å². The van der Waals surface area contributed by atoms with Gasteiger partial charge in [-0.3, -0.25) is 9.59 Å². The number of ether oxygens (including phenoxy) is 1. The normalized spacial score (nSPS) is 32.3. The van der Waals surface area contributed by atoms with Crippen LogP contribution in [-0.2, 0) is 14.3 Å². The van der Waals surface area contributed by atoms with Crippen molar-refractivity contribution < 1.29 is 24.5 Å². The molecule has 0 heterocycles. The van der Waals surface area contributed by atoms with Crippen molar-refractivity contribution in [3.8, 4) is 0 Å². The topological polar surface area (TPSA) is 83.8 Å². The van der Waals surface area contributed by atoms with Gasteiger partial charge in [0, 0.05) is 0 Å². The highest BCUT2D eigenvalue weighted by atomic mass is 16.5. The van der Waals surface area contributed by atoms with Gasteiger partial charge in [-0.2, -0.15) is 0 Å². The Bertz CT molecular complexity index is 610. The zero-order valence-electron chi connectivity index (χ0n) is 18.7. The highest BCUT2D eigenvalue weighted by molar-refractivity contribution is 5.76. The third-order valence-electron chi connectivity index (χ3n) is 7.92. The van der Waals surface area contributed by atoms with Gasteiger partial charge in [-0.15, -0.1) is 0 Å². The van der Waals surface area contributed by atoms with Gasteiger partial charge in [0.25, 0.3) is 0 Å². The van der Waals surface area contributed by atoms with E-state index in [9.17, 15) is 14.7 Å². The summed E-state index contributed by atoms with van der Waals surface area (Å²) in [7, 11) is 0. The van der Waals surface area contributed by atoms with E-state index in [1.807, 2.05) is 0 Å². The number of esters is 1. The molecule has 2 rings (SSSR count). The lowest BCUT2D eigenvalue weighted by Gasteiger charge is -2.59. The van der Waals surface area contributed by atoms with Crippen molar-refractivity contribution in [1.29, 1.82) is 0 Å². The van der Waals surface area contributed by atoms with Crippen LogP contribution in [0.25, 0.3) is 0 Å². The number of carboxylic acid groups (broad SMARTS) is 1. The monoisotopic (exact) mass is 408 g/mol. The molecule has 5 atom stereocenters. The molecule has 0 aromatic heterocycles. The first-order valence-electron chi connectivity index (χ1n) is 11.2. The van der Waals surface area contributed by atoms with Crippen LogP contribution >= 0.6 is 0 Å². The number of rotatable bonds is 9. The highest BCUT2D eigenvalue weighted by Crippen LogP contribution is 2.61. The molecular weight excluding hydrogens is 368 g/mol. The van der Waals surface area contributed by atoms with Gasteiger partial charge in [-0.25, -0.2) is 0 Å². The van der Waals surface area contributed by atoms with Gasteiger partial charge < -0.3 is 14.9 Å². The predicted molar refractivity (Wildman–Crippen MR) is 113 cm³/mol. The van der Waals surface area contributed by atoms with Gasteiger partial charge in [-0.1, -0.05) is 39.8 Å². The largest absolute Gasteiger partial charge is 0.481 e. The Morgan fingerprint density at radius 3 is 2.55 bits per heavy atom. The molecule has 0 bridgehead atoms. The van der Waals surface area contributed by atoms with Crippen LogP contribution in [0.15, 0.2) is 12.2 Å². The number of aliphatic carboxylic acids is 1. The Morgan fingerprint density at radius 1 is 1.21 bits per heavy atom. The maximum Gasteiger partial charge on any atom is 0.306 e. The summed E-state index contributed by atoms with van der Waals surface area (Å²) in [4.78, 5) is 22.1. The summed E-state index contributed by atoms with van der Waals surface area (Å²) in [5, 5.41) is 19.2. The van der Waals surface area contributed by atoms with E-state index < -0.39 is 11.9 Å². The molecule has 5 nitrogen and oxygen atoms in total. The smallest absolute Gasteiger partial charge is 0.306 e. The number of fused-ring (bicyclic) bond motifs is 1. The van der Waals surface area contributed by atoms with E-state index in [2.05, 4.69) is 34.3 Å². The molecule has 0 amide bonds. The van der Waals surface area contributed by atoms with Crippen LogP contribution in [0.5, 0.6) is 0 Å². The highest BCUT2D eigenvalue weighted by Gasteiger charge is 2.55. The van der Waals surface area contributed by atoms with Crippen molar-refractivity contribution >= 4 is 11.9 Å². The lowest BCUT2D eigenvalue weighted by atomic mass is 9.46. The van der Waals surface area contributed by atoms with Gasteiger partial charge in [0.15, 0.2) is 0 Å². The van der Waals surface area contributed by atoms with Crippen LogP contribution in [0.4, 0.5) is 0 Å². The molecule has 0 spiro atoms. The van der Waals surface area contributed by atoms with Gasteiger partial charge in [0.05, 0.1) is 25.6 Å². The number of carboxylic acids is 1. The van der Waals surface area contributed by atoms with E-state index >= 15 is 0 Å². The molecule has 0 aliphatic heterocycles. The fraction of sp³-hybridized carbons (Fsp3) is 0.833. The average molecular weight is 409 g/mol. The first kappa shape index (κ1) is 23.9. The molecule has 2 N–H and O–H groups in total. The minimum atomic E-state index is -0.978. The lowest BCUT2D eigenvalue weighted by Crippen LogP contribution is -2.54. The molecule has 0 aromatic carbocycles. The molecule has 2 fully saturated rings. The molecule has 0 unspecified atom stereocenters. The Morgan fingerprint density at radius 2 is 1.90 bits per heavy atom. The molecule has 0 radical (unpaired) electrons. The third kappa shape index (κ3) is 5.62. The standard InChI is InChI=1S/C24H40O5/c1-16(13-15-29-22(28)11-10-21(26)27)6-8-18-17(2)7-9-19-23(3,4)20(25)12-14-24(18,19)5/h16,18-20,25H,2,6-15H2,1,3-5H3,(H,26,27)/t16-,18-,19+,20+,24+/m0/s1. The van der Waals surface area contributed by atoms with E-state index in [0.29, 0.717) is 24.4 Å². The first-order valence-corrected chi connectivity index (χ1v) is 11.2. The molecule has 2 aliphatic carbocycles. The van der Waals surface area contributed by atoms with E-state index in [4.69, 9.17) is 9.84 Å². The minimum absolute atomic E-state index is 0.0538. The maximum atomic E-state index is 11.5. The summed E-state index contributed by atoms with van der Waals surface area (Å²) in [5.41, 5.74) is 1.51. The summed E-state index contributed by atoms with van der Waals surface area (Å²) >= 11 is 0. The van der Waals surface area contributed by atoms with Crippen molar-refractivity contribution in [3.05, 3.63) is 12.2 Å². The Balaban J connectivity index is 1.86. The summed E-state index contributed by atoms with van der Waals surface area (Å²) in [5.74, 6) is 0.0152. The van der Waals surface area contributed by atoms with Crippen molar-refractivity contribution in [3.63, 3.8) is 0 Å². The second kappa shape index (κ2) is 9.63. The van der Waals surface area contributed by atoms with Gasteiger partial charge in [0.1, 0.15) is 0 Å². The summed E-state index contributed by atoms with van der Waals surface area (Å²) in [6, 6.07) is 0. The number of carbonyl (C=O) groups excluding carboxylic acids is 1. The number of aliphatic hydroxyl groups excluding tert-OH is 1. The van der Waals surface area contributed by atoms with Crippen molar-refractivity contribution in [1.82, 2.24) is 0 Å². The quantitative estimate of drug-likeness (QED) is 0.416. The van der Waals surface area contributed by atoms with Gasteiger partial charge >= 0.3 is 11.9 Å². The molecule has 0 aromatic rings. The zero-order chi connectivity index (χ0) is 21.8. The Kier molecular flexibility index (Phi) is 7.94. The summed E-state index contributed by atoms with van der Waals surface area (Å²) in [6.45, 7) is 13.8. The van der Waals surface area contributed by atoms with Crippen molar-refractivity contribution in [2.45, 2.75) is 91.6 Å². The maximum absolute atomic E-state index is 11.5. The molecule has 2 aliphatic rings. The van der Waals surface area contributed by atoms with E-state index in [1.54, 1.807) is 0 Å². The fourth-order valence-electron chi connectivity index (χ4n) is 5.95. The average Bonchev–Trinajstić information content (AvgIpc) is 2.63. The predicted octanol–water partition coefficient (Wildman–Crippen LogP) is 4.97. The van der Waals surface area contributed by atoms with Crippen molar-refractivity contribution in [2.24, 2.45) is 28.6 Å². The van der Waals surface area contributed by atoms with E-state index in [-0.39, 0.29) is 29.8 Å². The van der Waals surface area contributed by atoms with Crippen LogP contribution in [-0.4, -0.2) is 34.9 Å². The Labute approximate surface area is 175 Å². The fourth-order valence-corrected chi connectivity index (χ4v) is 5.95.